The predicted octanol–water partition coefficient (Wildman–Crippen LogP) is -0.538. The number of carbonyl (C=O) groups is 1. The molecule has 0 unspecified atom stereocenters. The van der Waals surface area contributed by atoms with Crippen LogP contribution in [0.5, 0.6) is 0 Å². The van der Waals surface area contributed by atoms with Crippen LogP contribution in [0, 0.1) is 0 Å². The first-order valence-electron chi connectivity index (χ1n) is 5.43. The van der Waals surface area contributed by atoms with Crippen molar-refractivity contribution >= 4 is 15.9 Å². The monoisotopic (exact) mass is 272 g/mol. The van der Waals surface area contributed by atoms with E-state index in [1.807, 2.05) is 0 Å². The second-order valence-electron chi connectivity index (χ2n) is 3.67. The molecular weight excluding hydrogens is 256 g/mol. The fourth-order valence-electron chi connectivity index (χ4n) is 1.29. The van der Waals surface area contributed by atoms with E-state index in [2.05, 4.69) is 10.0 Å². The van der Waals surface area contributed by atoms with Crippen LogP contribution in [-0.4, -0.2) is 38.6 Å². The first-order chi connectivity index (χ1) is 8.47. The molecule has 100 valence electrons. The largest absolute Gasteiger partial charge is 0.395 e. The highest BCUT2D eigenvalue weighted by atomic mass is 32.2. The van der Waals surface area contributed by atoms with Crippen molar-refractivity contribution in [1.82, 2.24) is 10.0 Å². The minimum Gasteiger partial charge on any atom is -0.395 e. The Morgan fingerprint density at radius 2 is 1.94 bits per heavy atom. The Hall–Kier alpha value is -1.44. The van der Waals surface area contributed by atoms with Crippen LogP contribution in [0.3, 0.4) is 0 Å². The highest BCUT2D eigenvalue weighted by molar-refractivity contribution is 7.89. The molecule has 0 spiro atoms. The van der Waals surface area contributed by atoms with Gasteiger partial charge in [0, 0.05) is 6.54 Å². The van der Waals surface area contributed by atoms with E-state index in [0.717, 1.165) is 0 Å². The van der Waals surface area contributed by atoms with E-state index < -0.39 is 22.0 Å². The normalized spacial score (nSPS) is 13.0. The third-order valence-corrected chi connectivity index (χ3v) is 3.75. The Labute approximate surface area is 106 Å². The van der Waals surface area contributed by atoms with E-state index in [0.29, 0.717) is 0 Å². The van der Waals surface area contributed by atoms with Crippen molar-refractivity contribution in [3.05, 3.63) is 30.3 Å². The molecule has 3 N–H and O–H groups in total. The summed E-state index contributed by atoms with van der Waals surface area (Å²) in [6.45, 7) is 1.34. The van der Waals surface area contributed by atoms with Gasteiger partial charge in [-0.05, 0) is 19.1 Å². The van der Waals surface area contributed by atoms with E-state index in [1.165, 1.54) is 19.1 Å². The summed E-state index contributed by atoms with van der Waals surface area (Å²) in [4.78, 5) is 11.6. The molecule has 1 amide bonds. The highest BCUT2D eigenvalue weighted by Crippen LogP contribution is 2.07. The van der Waals surface area contributed by atoms with Gasteiger partial charge in [-0.1, -0.05) is 18.2 Å². The van der Waals surface area contributed by atoms with Gasteiger partial charge >= 0.3 is 0 Å². The molecule has 0 fully saturated rings. The molecule has 1 aromatic carbocycles. The quantitative estimate of drug-likeness (QED) is 0.648. The maximum Gasteiger partial charge on any atom is 0.241 e. The number of carbonyl (C=O) groups excluding carboxylic acids is 1. The maximum absolute atomic E-state index is 11.9. The molecule has 0 aromatic heterocycles. The van der Waals surface area contributed by atoms with Crippen LogP contribution in [0.25, 0.3) is 0 Å². The topological polar surface area (TPSA) is 95.5 Å². The predicted molar refractivity (Wildman–Crippen MR) is 66.3 cm³/mol. The van der Waals surface area contributed by atoms with E-state index in [1.54, 1.807) is 18.2 Å². The van der Waals surface area contributed by atoms with Crippen molar-refractivity contribution in [2.75, 3.05) is 13.2 Å². The number of amides is 1. The maximum atomic E-state index is 11.9. The molecule has 0 bridgehead atoms. The lowest BCUT2D eigenvalue weighted by atomic mass is 10.3. The molecule has 0 heterocycles. The zero-order valence-corrected chi connectivity index (χ0v) is 10.8. The molecule has 18 heavy (non-hydrogen) atoms. The number of aliphatic hydroxyl groups excluding tert-OH is 1. The number of nitrogens with one attached hydrogen (secondary N) is 2. The minimum absolute atomic E-state index is 0.0935. The van der Waals surface area contributed by atoms with Crippen LogP contribution >= 0.6 is 0 Å². The van der Waals surface area contributed by atoms with E-state index in [4.69, 9.17) is 5.11 Å². The number of hydrogen-bond acceptors (Lipinski definition) is 4. The van der Waals surface area contributed by atoms with E-state index in [9.17, 15) is 13.2 Å². The summed E-state index contributed by atoms with van der Waals surface area (Å²) in [5.74, 6) is -0.483. The molecule has 0 aliphatic carbocycles. The Morgan fingerprint density at radius 1 is 1.33 bits per heavy atom. The van der Waals surface area contributed by atoms with Crippen molar-refractivity contribution in [3.8, 4) is 0 Å². The smallest absolute Gasteiger partial charge is 0.241 e. The van der Waals surface area contributed by atoms with Crippen LogP contribution in [0.1, 0.15) is 6.92 Å². The number of aliphatic hydroxyl groups is 1. The zero-order valence-electron chi connectivity index (χ0n) is 9.96. The third-order valence-electron chi connectivity index (χ3n) is 2.19. The van der Waals surface area contributed by atoms with Gasteiger partial charge in [0.2, 0.25) is 15.9 Å². The second kappa shape index (κ2) is 6.48. The van der Waals surface area contributed by atoms with Gasteiger partial charge in [0.25, 0.3) is 0 Å². The molecular formula is C11H16N2O4S. The average molecular weight is 272 g/mol. The fraction of sp³-hybridized carbons (Fsp3) is 0.364. The fourth-order valence-corrected chi connectivity index (χ4v) is 2.51. The standard InChI is InChI=1S/C11H16N2O4S/c1-9(11(15)12-7-8-14)13-18(16,17)10-5-3-2-4-6-10/h2-6,9,13-14H,7-8H2,1H3,(H,12,15)/t9-/m1/s1. The number of hydrogen-bond donors (Lipinski definition) is 3. The van der Waals surface area contributed by atoms with Gasteiger partial charge < -0.3 is 10.4 Å². The van der Waals surface area contributed by atoms with Gasteiger partial charge in [-0.2, -0.15) is 4.72 Å². The van der Waals surface area contributed by atoms with Gasteiger partial charge in [0.15, 0.2) is 0 Å². The second-order valence-corrected chi connectivity index (χ2v) is 5.38. The summed E-state index contributed by atoms with van der Waals surface area (Å²) < 4.78 is 26.0. The summed E-state index contributed by atoms with van der Waals surface area (Å²) >= 11 is 0. The van der Waals surface area contributed by atoms with Crippen LogP contribution in [0.4, 0.5) is 0 Å². The molecule has 0 aliphatic rings. The Bertz CT molecular complexity index is 487. The Balaban J connectivity index is 2.69. The van der Waals surface area contributed by atoms with Gasteiger partial charge in [0.1, 0.15) is 0 Å². The Kier molecular flexibility index (Phi) is 5.26. The molecule has 1 atom stereocenters. The summed E-state index contributed by atoms with van der Waals surface area (Å²) in [6, 6.07) is 6.90. The summed E-state index contributed by atoms with van der Waals surface area (Å²) in [5, 5.41) is 10.9. The average Bonchev–Trinajstić information content (AvgIpc) is 2.36. The lowest BCUT2D eigenvalue weighted by Gasteiger charge is -2.13. The highest BCUT2D eigenvalue weighted by Gasteiger charge is 2.21. The van der Waals surface area contributed by atoms with Crippen LogP contribution in [0.15, 0.2) is 35.2 Å². The van der Waals surface area contributed by atoms with Gasteiger partial charge in [-0.25, -0.2) is 8.42 Å². The number of benzene rings is 1. The minimum atomic E-state index is -3.70. The van der Waals surface area contributed by atoms with Gasteiger partial charge in [-0.3, -0.25) is 4.79 Å². The lowest BCUT2D eigenvalue weighted by Crippen LogP contribution is -2.45. The number of sulfonamides is 1. The summed E-state index contributed by atoms with van der Waals surface area (Å²) in [5.41, 5.74) is 0. The molecule has 0 radical (unpaired) electrons. The van der Waals surface area contributed by atoms with Crippen LogP contribution in [0.2, 0.25) is 0 Å². The molecule has 0 saturated heterocycles. The zero-order chi connectivity index (χ0) is 13.6. The SMILES string of the molecule is C[C@@H](NS(=O)(=O)c1ccccc1)C(=O)NCCO. The van der Waals surface area contributed by atoms with Crippen molar-refractivity contribution in [1.29, 1.82) is 0 Å². The van der Waals surface area contributed by atoms with Crippen molar-refractivity contribution in [3.63, 3.8) is 0 Å². The Morgan fingerprint density at radius 3 is 2.50 bits per heavy atom. The van der Waals surface area contributed by atoms with E-state index in [-0.39, 0.29) is 18.0 Å². The third kappa shape index (κ3) is 4.10. The molecule has 1 rings (SSSR count). The lowest BCUT2D eigenvalue weighted by molar-refractivity contribution is -0.122. The molecule has 7 heteroatoms. The van der Waals surface area contributed by atoms with Crippen molar-refractivity contribution < 1.29 is 18.3 Å². The molecule has 0 saturated carbocycles. The van der Waals surface area contributed by atoms with Gasteiger partial charge in [0.05, 0.1) is 17.5 Å². The van der Waals surface area contributed by atoms with Crippen LogP contribution < -0.4 is 10.0 Å². The summed E-state index contributed by atoms with van der Waals surface area (Å²) in [7, 11) is -3.70. The van der Waals surface area contributed by atoms with Crippen LogP contribution in [-0.2, 0) is 14.8 Å². The first kappa shape index (κ1) is 14.6. The van der Waals surface area contributed by atoms with E-state index >= 15 is 0 Å². The number of rotatable bonds is 6. The van der Waals surface area contributed by atoms with Crippen molar-refractivity contribution in [2.24, 2.45) is 0 Å². The van der Waals surface area contributed by atoms with Gasteiger partial charge in [-0.15, -0.1) is 0 Å². The first-order valence-corrected chi connectivity index (χ1v) is 6.91. The van der Waals surface area contributed by atoms with Crippen molar-refractivity contribution in [2.45, 2.75) is 17.9 Å². The molecule has 6 nitrogen and oxygen atoms in total. The summed E-state index contributed by atoms with van der Waals surface area (Å²) in [6.07, 6.45) is 0. The molecule has 0 aliphatic heterocycles. The molecule has 1 aromatic rings.